The average molecular weight is 433 g/mol. The predicted molar refractivity (Wildman–Crippen MR) is 113 cm³/mol. The molecule has 31 heavy (non-hydrogen) atoms. The Hall–Kier alpha value is -1.72. The van der Waals surface area contributed by atoms with E-state index in [4.69, 9.17) is 9.84 Å². The van der Waals surface area contributed by atoms with Crippen LogP contribution in [0.4, 0.5) is 0 Å². The van der Waals surface area contributed by atoms with Crippen LogP contribution in [0.3, 0.4) is 0 Å². The average Bonchev–Trinajstić information content (AvgIpc) is 3.08. The van der Waals surface area contributed by atoms with Gasteiger partial charge in [0.25, 0.3) is 0 Å². The normalized spacial score (nSPS) is 41.6. The first-order chi connectivity index (χ1) is 14.6. The van der Waals surface area contributed by atoms with Crippen molar-refractivity contribution in [2.24, 2.45) is 40.4 Å². The lowest BCUT2D eigenvalue weighted by atomic mass is 9.44. The Bertz CT molecular complexity index is 774. The van der Waals surface area contributed by atoms with Crippen molar-refractivity contribution in [3.63, 3.8) is 0 Å². The number of ketones is 2. The Morgan fingerprint density at radius 2 is 1.71 bits per heavy atom. The molecular weight excluding hydrogens is 396 g/mol. The molecule has 1 N–H and O–H groups in total. The second kappa shape index (κ2) is 8.32. The number of hydrogen-bond donors (Lipinski definition) is 1. The lowest BCUT2D eigenvalue weighted by molar-refractivity contribution is -0.154. The summed E-state index contributed by atoms with van der Waals surface area (Å²) in [6.07, 6.45) is 8.41. The molecule has 4 rings (SSSR count). The zero-order valence-electron chi connectivity index (χ0n) is 18.9. The number of hydrogen-bond acceptors (Lipinski definition) is 5. The van der Waals surface area contributed by atoms with E-state index in [-0.39, 0.29) is 42.0 Å². The molecule has 0 spiro atoms. The second-order valence-electron chi connectivity index (χ2n) is 11.1. The summed E-state index contributed by atoms with van der Waals surface area (Å²) in [6, 6.07) is 0. The summed E-state index contributed by atoms with van der Waals surface area (Å²) >= 11 is 0. The molecule has 0 saturated heterocycles. The number of aliphatic carboxylic acids is 1. The van der Waals surface area contributed by atoms with Crippen LogP contribution in [0.1, 0.15) is 84.5 Å². The minimum Gasteiger partial charge on any atom is -0.481 e. The molecule has 0 aliphatic heterocycles. The zero-order valence-corrected chi connectivity index (χ0v) is 18.9. The van der Waals surface area contributed by atoms with Gasteiger partial charge in [-0.1, -0.05) is 13.8 Å². The Labute approximate surface area is 184 Å². The van der Waals surface area contributed by atoms with Crippen molar-refractivity contribution in [1.29, 1.82) is 0 Å². The van der Waals surface area contributed by atoms with E-state index in [0.717, 1.165) is 51.4 Å². The van der Waals surface area contributed by atoms with Crippen molar-refractivity contribution in [2.75, 3.05) is 6.61 Å². The third-order valence-electron chi connectivity index (χ3n) is 9.79. The van der Waals surface area contributed by atoms with E-state index < -0.39 is 11.9 Å². The molecule has 0 amide bonds. The maximum Gasteiger partial charge on any atom is 0.306 e. The maximum atomic E-state index is 13.0. The van der Waals surface area contributed by atoms with Crippen LogP contribution in [0.15, 0.2) is 0 Å². The Morgan fingerprint density at radius 1 is 0.968 bits per heavy atom. The van der Waals surface area contributed by atoms with Gasteiger partial charge >= 0.3 is 11.9 Å². The number of carbonyl (C=O) groups is 4. The number of carboxylic acids is 1. The lowest BCUT2D eigenvalue weighted by Crippen LogP contribution is -2.54. The molecule has 4 aliphatic rings. The first-order valence-electron chi connectivity index (χ1n) is 12.1. The standard InChI is InChI=1S/C25H36O6/c1-24-11-9-16(26)13-15(24)3-4-17-18-5-6-20(25(18,2)12-10-19(17)24)21(27)14-31-23(30)8-7-22(28)29/h15,17-20H,3-14H2,1-2H3,(H,28,29)/t15-,17+,18-,19-,20-,24+,25+/m1/s1. The fraction of sp³-hybridized carbons (Fsp3) is 0.840. The first kappa shape index (κ1) is 22.5. The Morgan fingerprint density at radius 3 is 2.45 bits per heavy atom. The van der Waals surface area contributed by atoms with Gasteiger partial charge in [0.05, 0.1) is 12.8 Å². The van der Waals surface area contributed by atoms with Crippen LogP contribution in [0.2, 0.25) is 0 Å². The number of carbonyl (C=O) groups excluding carboxylic acids is 3. The molecule has 4 saturated carbocycles. The summed E-state index contributed by atoms with van der Waals surface area (Å²) in [6.45, 7) is 4.47. The minimum absolute atomic E-state index is 0.00437. The van der Waals surface area contributed by atoms with Crippen LogP contribution in [0.5, 0.6) is 0 Å². The third kappa shape index (κ3) is 3.95. The van der Waals surface area contributed by atoms with E-state index in [1.165, 1.54) is 6.42 Å². The van der Waals surface area contributed by atoms with E-state index in [1.807, 2.05) is 0 Å². The van der Waals surface area contributed by atoms with Crippen LogP contribution < -0.4 is 0 Å². The highest BCUT2D eigenvalue weighted by atomic mass is 16.5. The summed E-state index contributed by atoms with van der Waals surface area (Å²) in [5.41, 5.74) is 0.222. The van der Waals surface area contributed by atoms with Crippen LogP contribution in [-0.2, 0) is 23.9 Å². The second-order valence-corrected chi connectivity index (χ2v) is 11.1. The van der Waals surface area contributed by atoms with E-state index >= 15 is 0 Å². The summed E-state index contributed by atoms with van der Waals surface area (Å²) < 4.78 is 5.11. The SMILES string of the molecule is C[C@]12CCC(=O)C[C@H]1CC[C@@H]1[C@H]2CC[C@]2(C)[C@@H](C(=O)COC(=O)CCC(=O)O)CC[C@H]12. The van der Waals surface area contributed by atoms with Gasteiger partial charge in [-0.2, -0.15) is 0 Å². The van der Waals surface area contributed by atoms with Gasteiger partial charge in [-0.3, -0.25) is 19.2 Å². The molecule has 6 heteroatoms. The topological polar surface area (TPSA) is 97.7 Å². The molecule has 0 radical (unpaired) electrons. The summed E-state index contributed by atoms with van der Waals surface area (Å²) in [5.74, 6) is 1.03. The quantitative estimate of drug-likeness (QED) is 0.632. The molecule has 0 aromatic carbocycles. The van der Waals surface area contributed by atoms with Crippen LogP contribution in [-0.4, -0.2) is 35.2 Å². The minimum atomic E-state index is -1.04. The van der Waals surface area contributed by atoms with E-state index in [1.54, 1.807) is 0 Å². The number of fused-ring (bicyclic) bond motifs is 5. The van der Waals surface area contributed by atoms with Crippen LogP contribution in [0, 0.1) is 40.4 Å². The molecule has 0 unspecified atom stereocenters. The zero-order chi connectivity index (χ0) is 22.4. The van der Waals surface area contributed by atoms with Gasteiger partial charge in [-0.25, -0.2) is 0 Å². The molecule has 0 bridgehead atoms. The molecule has 0 aromatic heterocycles. The van der Waals surface area contributed by atoms with Crippen molar-refractivity contribution >= 4 is 23.5 Å². The molecular formula is C25H36O6. The van der Waals surface area contributed by atoms with E-state index in [0.29, 0.717) is 29.5 Å². The van der Waals surface area contributed by atoms with Crippen molar-refractivity contribution in [1.82, 2.24) is 0 Å². The molecule has 0 aromatic rings. The summed E-state index contributed by atoms with van der Waals surface area (Å²) in [5, 5.41) is 8.68. The molecule has 7 atom stereocenters. The highest BCUT2D eigenvalue weighted by Gasteiger charge is 2.61. The van der Waals surface area contributed by atoms with Gasteiger partial charge in [0.2, 0.25) is 0 Å². The number of rotatable bonds is 6. The smallest absolute Gasteiger partial charge is 0.306 e. The number of ether oxygens (including phenoxy) is 1. The van der Waals surface area contributed by atoms with E-state index in [9.17, 15) is 19.2 Å². The fourth-order valence-corrected chi connectivity index (χ4v) is 8.11. The van der Waals surface area contributed by atoms with E-state index in [2.05, 4.69) is 13.8 Å². The molecule has 6 nitrogen and oxygen atoms in total. The predicted octanol–water partition coefficient (Wildman–Crippen LogP) is 4.19. The van der Waals surface area contributed by atoms with Crippen molar-refractivity contribution in [3.05, 3.63) is 0 Å². The van der Waals surface area contributed by atoms with Crippen LogP contribution >= 0.6 is 0 Å². The molecule has 4 fully saturated rings. The van der Waals surface area contributed by atoms with Crippen molar-refractivity contribution in [2.45, 2.75) is 84.5 Å². The van der Waals surface area contributed by atoms with Crippen molar-refractivity contribution in [3.8, 4) is 0 Å². The summed E-state index contributed by atoms with van der Waals surface area (Å²) in [7, 11) is 0. The number of carboxylic acid groups (broad SMARTS) is 1. The first-order valence-corrected chi connectivity index (χ1v) is 12.1. The highest BCUT2D eigenvalue weighted by molar-refractivity contribution is 5.86. The van der Waals surface area contributed by atoms with Gasteiger partial charge in [0.1, 0.15) is 12.4 Å². The number of Topliss-reactive ketones (excluding diaryl/α,β-unsaturated/α-hetero) is 2. The Kier molecular flexibility index (Phi) is 6.04. The fourth-order valence-electron chi connectivity index (χ4n) is 8.11. The summed E-state index contributed by atoms with van der Waals surface area (Å²) in [4.78, 5) is 47.4. The van der Waals surface area contributed by atoms with Gasteiger partial charge in [-0.05, 0) is 79.4 Å². The molecule has 0 heterocycles. The lowest BCUT2D eigenvalue weighted by Gasteiger charge is -2.60. The third-order valence-corrected chi connectivity index (χ3v) is 9.79. The van der Waals surface area contributed by atoms with Gasteiger partial charge in [0, 0.05) is 18.8 Å². The van der Waals surface area contributed by atoms with Gasteiger partial charge in [0.15, 0.2) is 5.78 Å². The van der Waals surface area contributed by atoms with Gasteiger partial charge in [-0.15, -0.1) is 0 Å². The number of esters is 1. The van der Waals surface area contributed by atoms with Gasteiger partial charge < -0.3 is 9.84 Å². The monoisotopic (exact) mass is 432 g/mol. The maximum absolute atomic E-state index is 13.0. The molecule has 172 valence electrons. The Balaban J connectivity index is 1.41. The van der Waals surface area contributed by atoms with Crippen LogP contribution in [0.25, 0.3) is 0 Å². The van der Waals surface area contributed by atoms with Crippen molar-refractivity contribution < 1.29 is 29.0 Å². The largest absolute Gasteiger partial charge is 0.481 e. The highest BCUT2D eigenvalue weighted by Crippen LogP contribution is 2.67. The molecule has 4 aliphatic carbocycles.